The standard InChI is InChI=1S/C28H23F2N3O3/c29-19-4-1-15(2-5-19)25-21-11-18(14-31)23(32)13-24(21)33-27(26(25)16-7-9-36-10-8-16)20-6-3-17(28(34)35)12-22(20)30/h1-6,11-14,16,31H,7-10,32H2,(H,34,35). The highest BCUT2D eigenvalue weighted by Gasteiger charge is 2.28. The molecule has 1 fully saturated rings. The predicted molar refractivity (Wildman–Crippen MR) is 135 cm³/mol. The quantitative estimate of drug-likeness (QED) is 0.236. The second-order valence-corrected chi connectivity index (χ2v) is 8.79. The Morgan fingerprint density at radius 2 is 1.81 bits per heavy atom. The van der Waals surface area contributed by atoms with E-state index < -0.39 is 11.8 Å². The minimum Gasteiger partial charge on any atom is -0.478 e. The van der Waals surface area contributed by atoms with E-state index >= 15 is 4.39 Å². The lowest BCUT2D eigenvalue weighted by Crippen LogP contribution is -2.17. The van der Waals surface area contributed by atoms with Gasteiger partial charge in [0, 0.05) is 41.6 Å². The molecule has 0 spiro atoms. The van der Waals surface area contributed by atoms with E-state index in [1.807, 2.05) is 0 Å². The van der Waals surface area contributed by atoms with E-state index in [9.17, 15) is 14.3 Å². The Balaban J connectivity index is 1.91. The van der Waals surface area contributed by atoms with Crippen molar-refractivity contribution < 1.29 is 23.4 Å². The first kappa shape index (κ1) is 23.6. The molecule has 3 aromatic carbocycles. The van der Waals surface area contributed by atoms with Crippen molar-refractivity contribution in [3.63, 3.8) is 0 Å². The van der Waals surface area contributed by atoms with Crippen molar-refractivity contribution in [1.82, 2.24) is 4.98 Å². The Bertz CT molecular complexity index is 1500. The van der Waals surface area contributed by atoms with Gasteiger partial charge < -0.3 is 21.0 Å². The summed E-state index contributed by atoms with van der Waals surface area (Å²) in [6.45, 7) is 1.05. The topological polar surface area (TPSA) is 109 Å². The minimum absolute atomic E-state index is 0.0368. The summed E-state index contributed by atoms with van der Waals surface area (Å²) in [7, 11) is 0. The highest BCUT2D eigenvalue weighted by Crippen LogP contribution is 2.45. The smallest absolute Gasteiger partial charge is 0.335 e. The van der Waals surface area contributed by atoms with Crippen LogP contribution in [0.25, 0.3) is 33.3 Å². The molecule has 0 amide bonds. The first-order valence-corrected chi connectivity index (χ1v) is 11.5. The van der Waals surface area contributed by atoms with Crippen molar-refractivity contribution in [3.8, 4) is 22.4 Å². The van der Waals surface area contributed by atoms with Gasteiger partial charge in [0.2, 0.25) is 0 Å². The second kappa shape index (κ2) is 9.47. The number of nitrogen functional groups attached to an aromatic ring is 1. The molecule has 0 radical (unpaired) electrons. The van der Waals surface area contributed by atoms with E-state index in [-0.39, 0.29) is 22.9 Å². The molecule has 1 aliphatic heterocycles. The number of nitrogens with zero attached hydrogens (tertiary/aromatic N) is 1. The molecule has 4 aromatic rings. The fourth-order valence-electron chi connectivity index (χ4n) is 4.84. The molecule has 8 heteroatoms. The lowest BCUT2D eigenvalue weighted by Gasteiger charge is -2.28. The zero-order valence-corrected chi connectivity index (χ0v) is 19.2. The maximum absolute atomic E-state index is 15.4. The molecule has 2 heterocycles. The van der Waals surface area contributed by atoms with Crippen LogP contribution in [0.1, 0.15) is 40.2 Å². The Morgan fingerprint density at radius 1 is 1.08 bits per heavy atom. The Hall–Kier alpha value is -4.17. The molecule has 0 atom stereocenters. The molecular formula is C28H23F2N3O3. The van der Waals surface area contributed by atoms with Gasteiger partial charge in [-0.25, -0.2) is 18.6 Å². The van der Waals surface area contributed by atoms with Gasteiger partial charge in [-0.3, -0.25) is 0 Å². The summed E-state index contributed by atoms with van der Waals surface area (Å²) in [5.74, 6) is -2.35. The van der Waals surface area contributed by atoms with Crippen molar-refractivity contribution >= 4 is 28.8 Å². The van der Waals surface area contributed by atoms with E-state index in [0.29, 0.717) is 53.9 Å². The van der Waals surface area contributed by atoms with E-state index in [2.05, 4.69) is 0 Å². The number of hydrogen-bond donors (Lipinski definition) is 3. The van der Waals surface area contributed by atoms with Gasteiger partial charge in [0.25, 0.3) is 0 Å². The number of halogens is 2. The number of aromatic nitrogens is 1. The Morgan fingerprint density at radius 3 is 2.44 bits per heavy atom. The molecule has 1 aromatic heterocycles. The van der Waals surface area contributed by atoms with Crippen LogP contribution >= 0.6 is 0 Å². The highest BCUT2D eigenvalue weighted by molar-refractivity contribution is 6.04. The van der Waals surface area contributed by atoms with Crippen LogP contribution in [0.5, 0.6) is 0 Å². The van der Waals surface area contributed by atoms with Crippen LogP contribution in [0.4, 0.5) is 14.5 Å². The monoisotopic (exact) mass is 487 g/mol. The number of anilines is 1. The average Bonchev–Trinajstić information content (AvgIpc) is 2.88. The third kappa shape index (κ3) is 4.20. The maximum atomic E-state index is 15.4. The first-order chi connectivity index (χ1) is 17.4. The van der Waals surface area contributed by atoms with Gasteiger partial charge in [-0.1, -0.05) is 12.1 Å². The number of aromatic carboxylic acids is 1. The van der Waals surface area contributed by atoms with Gasteiger partial charge >= 0.3 is 5.97 Å². The third-order valence-corrected chi connectivity index (χ3v) is 6.62. The molecule has 5 rings (SSSR count). The highest BCUT2D eigenvalue weighted by atomic mass is 19.1. The molecule has 4 N–H and O–H groups in total. The number of benzene rings is 3. The number of nitrogens with one attached hydrogen (secondary N) is 1. The molecule has 0 aliphatic carbocycles. The van der Waals surface area contributed by atoms with Crippen molar-refractivity contribution in [2.24, 2.45) is 0 Å². The van der Waals surface area contributed by atoms with E-state index in [1.165, 1.54) is 24.3 Å². The molecular weight excluding hydrogens is 464 g/mol. The van der Waals surface area contributed by atoms with Crippen molar-refractivity contribution in [2.75, 3.05) is 18.9 Å². The second-order valence-electron chi connectivity index (χ2n) is 8.79. The van der Waals surface area contributed by atoms with Crippen LogP contribution in [0, 0.1) is 17.0 Å². The molecule has 6 nitrogen and oxygen atoms in total. The van der Waals surface area contributed by atoms with Gasteiger partial charge in [0.15, 0.2) is 0 Å². The van der Waals surface area contributed by atoms with Crippen LogP contribution < -0.4 is 5.73 Å². The lowest BCUT2D eigenvalue weighted by molar-refractivity contribution is 0.0696. The van der Waals surface area contributed by atoms with Crippen LogP contribution in [0.3, 0.4) is 0 Å². The summed E-state index contributed by atoms with van der Waals surface area (Å²) in [6.07, 6.45) is 2.51. The van der Waals surface area contributed by atoms with Crippen LogP contribution in [-0.4, -0.2) is 35.5 Å². The largest absolute Gasteiger partial charge is 0.478 e. The molecule has 1 saturated heterocycles. The van der Waals surface area contributed by atoms with Crippen LogP contribution in [0.15, 0.2) is 54.6 Å². The summed E-state index contributed by atoms with van der Waals surface area (Å²) in [6, 6.07) is 13.3. The number of hydrogen-bond acceptors (Lipinski definition) is 5. The molecule has 1 aliphatic rings. The van der Waals surface area contributed by atoms with Crippen molar-refractivity contribution in [3.05, 3.63) is 82.9 Å². The van der Waals surface area contributed by atoms with Crippen LogP contribution in [-0.2, 0) is 4.74 Å². The number of ether oxygens (including phenoxy) is 1. The van der Waals surface area contributed by atoms with Gasteiger partial charge in [0.1, 0.15) is 11.6 Å². The number of rotatable bonds is 5. The summed E-state index contributed by atoms with van der Waals surface area (Å²) in [5.41, 5.74) is 10.1. The number of nitrogens with two attached hydrogens (primary N) is 1. The van der Waals surface area contributed by atoms with Gasteiger partial charge in [-0.2, -0.15) is 0 Å². The van der Waals surface area contributed by atoms with Gasteiger partial charge in [-0.15, -0.1) is 0 Å². The first-order valence-electron chi connectivity index (χ1n) is 11.5. The van der Waals surface area contributed by atoms with Gasteiger partial charge in [-0.05, 0) is 77.9 Å². The van der Waals surface area contributed by atoms with Gasteiger partial charge in [0.05, 0.1) is 16.8 Å². The zero-order valence-electron chi connectivity index (χ0n) is 19.2. The Kier molecular flexibility index (Phi) is 6.20. The average molecular weight is 488 g/mol. The summed E-state index contributed by atoms with van der Waals surface area (Å²) < 4.78 is 34.8. The molecule has 36 heavy (non-hydrogen) atoms. The maximum Gasteiger partial charge on any atom is 0.335 e. The van der Waals surface area contributed by atoms with Crippen LogP contribution in [0.2, 0.25) is 0 Å². The number of pyridine rings is 1. The fourth-order valence-corrected chi connectivity index (χ4v) is 4.84. The van der Waals surface area contributed by atoms with E-state index in [0.717, 1.165) is 29.0 Å². The lowest BCUT2D eigenvalue weighted by atomic mass is 9.81. The molecule has 0 unspecified atom stereocenters. The number of carbonyl (C=O) groups is 1. The Labute approximate surface area is 205 Å². The van der Waals surface area contributed by atoms with Crippen molar-refractivity contribution in [2.45, 2.75) is 18.8 Å². The molecule has 182 valence electrons. The van der Waals surface area contributed by atoms with E-state index in [1.54, 1.807) is 24.3 Å². The molecule has 0 bridgehead atoms. The number of carboxylic acids is 1. The molecule has 0 saturated carbocycles. The normalized spacial score (nSPS) is 14.2. The summed E-state index contributed by atoms with van der Waals surface area (Å²) in [4.78, 5) is 16.2. The predicted octanol–water partition coefficient (Wildman–Crippen LogP) is 6.02. The zero-order chi connectivity index (χ0) is 25.4. The fraction of sp³-hybridized carbons (Fsp3) is 0.179. The summed E-state index contributed by atoms with van der Waals surface area (Å²) >= 11 is 0. The summed E-state index contributed by atoms with van der Waals surface area (Å²) in [5, 5.41) is 17.8. The van der Waals surface area contributed by atoms with Crippen molar-refractivity contribution in [1.29, 1.82) is 5.41 Å². The SMILES string of the molecule is N=Cc1cc2c(-c3ccc(F)cc3)c(C3CCOCC3)c(-c3ccc(C(=O)O)cc3F)nc2cc1N. The third-order valence-electron chi connectivity index (χ3n) is 6.62. The van der Waals surface area contributed by atoms with E-state index in [4.69, 9.17) is 20.9 Å². The number of carboxylic acid groups (broad SMARTS) is 1. The number of fused-ring (bicyclic) bond motifs is 1. The minimum atomic E-state index is -1.23.